The Balaban J connectivity index is 2.16. The van der Waals surface area contributed by atoms with Crippen molar-refractivity contribution >= 4 is 23.6 Å². The molecule has 1 aliphatic heterocycles. The van der Waals surface area contributed by atoms with Gasteiger partial charge in [-0.2, -0.15) is 0 Å². The number of nitrogens with zero attached hydrogens (tertiary/aromatic N) is 1. The third-order valence-corrected chi connectivity index (χ3v) is 3.34. The van der Waals surface area contributed by atoms with Gasteiger partial charge in [0.05, 0.1) is 18.1 Å². The molecule has 0 aromatic rings. The van der Waals surface area contributed by atoms with E-state index in [2.05, 4.69) is 0 Å². The van der Waals surface area contributed by atoms with Gasteiger partial charge in [-0.15, -0.1) is 11.8 Å². The third kappa shape index (κ3) is 4.85. The van der Waals surface area contributed by atoms with Gasteiger partial charge in [-0.25, -0.2) is 0 Å². The van der Waals surface area contributed by atoms with Crippen LogP contribution < -0.4 is 0 Å². The smallest absolute Gasteiger partial charge is 0.313 e. The van der Waals surface area contributed by atoms with Gasteiger partial charge in [-0.3, -0.25) is 9.59 Å². The average molecular weight is 247 g/mol. The molecular weight excluding hydrogens is 230 g/mol. The normalized spacial score (nSPS) is 19.7. The number of thioether (sulfide) groups is 1. The van der Waals surface area contributed by atoms with Crippen LogP contribution in [0.25, 0.3) is 0 Å². The zero-order chi connectivity index (χ0) is 12.0. The number of aliphatic carboxylic acids is 1. The number of hydrogen-bond donors (Lipinski definition) is 1. The number of carbonyl (C=O) groups excluding carboxylic acids is 1. The van der Waals surface area contributed by atoms with Crippen molar-refractivity contribution in [1.82, 2.24) is 4.90 Å². The zero-order valence-corrected chi connectivity index (χ0v) is 10.2. The Morgan fingerprint density at radius 2 is 2.25 bits per heavy atom. The Bertz CT molecular complexity index is 253. The zero-order valence-electron chi connectivity index (χ0n) is 9.35. The number of carboxylic acids is 1. The molecule has 5 nitrogen and oxygen atoms in total. The fourth-order valence-corrected chi connectivity index (χ4v) is 2.22. The highest BCUT2D eigenvalue weighted by atomic mass is 32.2. The predicted molar refractivity (Wildman–Crippen MR) is 61.5 cm³/mol. The minimum Gasteiger partial charge on any atom is -0.481 e. The summed E-state index contributed by atoms with van der Waals surface area (Å²) in [6.07, 6.45) is 1.000. The quantitative estimate of drug-likeness (QED) is 0.731. The SMILES string of the molecule is CN(CC1CCOC1)C(=O)CSCC(=O)O. The number of ether oxygens (including phenoxy) is 1. The van der Waals surface area contributed by atoms with E-state index in [1.54, 1.807) is 11.9 Å². The molecule has 6 heteroatoms. The Kier molecular flexibility index (Phi) is 5.62. The van der Waals surface area contributed by atoms with E-state index < -0.39 is 5.97 Å². The molecule has 1 aliphatic rings. The van der Waals surface area contributed by atoms with E-state index in [0.717, 1.165) is 31.4 Å². The fraction of sp³-hybridized carbons (Fsp3) is 0.800. The highest BCUT2D eigenvalue weighted by Gasteiger charge is 2.19. The summed E-state index contributed by atoms with van der Waals surface area (Å²) >= 11 is 1.13. The molecule has 0 bridgehead atoms. The van der Waals surface area contributed by atoms with Gasteiger partial charge in [0.15, 0.2) is 0 Å². The van der Waals surface area contributed by atoms with Gasteiger partial charge in [-0.1, -0.05) is 0 Å². The number of rotatable bonds is 6. The van der Waals surface area contributed by atoms with Crippen molar-refractivity contribution in [3.63, 3.8) is 0 Å². The van der Waals surface area contributed by atoms with Gasteiger partial charge in [0.1, 0.15) is 0 Å². The molecular formula is C10H17NO4S. The summed E-state index contributed by atoms with van der Waals surface area (Å²) in [5.74, 6) is -0.260. The largest absolute Gasteiger partial charge is 0.481 e. The van der Waals surface area contributed by atoms with E-state index in [4.69, 9.17) is 9.84 Å². The van der Waals surface area contributed by atoms with E-state index >= 15 is 0 Å². The van der Waals surface area contributed by atoms with Gasteiger partial charge in [0.2, 0.25) is 5.91 Å². The second-order valence-corrected chi connectivity index (χ2v) is 4.88. The molecule has 1 saturated heterocycles. The van der Waals surface area contributed by atoms with Crippen LogP contribution in [-0.2, 0) is 14.3 Å². The van der Waals surface area contributed by atoms with E-state index in [-0.39, 0.29) is 17.4 Å². The van der Waals surface area contributed by atoms with Gasteiger partial charge in [0.25, 0.3) is 0 Å². The van der Waals surface area contributed by atoms with Crippen molar-refractivity contribution in [1.29, 1.82) is 0 Å². The molecule has 1 amide bonds. The molecule has 1 fully saturated rings. The van der Waals surface area contributed by atoms with Gasteiger partial charge in [0, 0.05) is 26.1 Å². The standard InChI is InChI=1S/C10H17NO4S/c1-11(4-8-2-3-15-5-8)9(12)6-16-7-10(13)14/h8H,2-7H2,1H3,(H,13,14). The Labute approximate surface area is 99.1 Å². The molecule has 1 heterocycles. The summed E-state index contributed by atoms with van der Waals surface area (Å²) in [6, 6.07) is 0. The average Bonchev–Trinajstić information content (AvgIpc) is 2.69. The lowest BCUT2D eigenvalue weighted by Crippen LogP contribution is -2.33. The van der Waals surface area contributed by atoms with Crippen LogP contribution in [0.4, 0.5) is 0 Å². The summed E-state index contributed by atoms with van der Waals surface area (Å²) in [5.41, 5.74) is 0. The van der Waals surface area contributed by atoms with Crippen LogP contribution in [0.5, 0.6) is 0 Å². The first-order chi connectivity index (χ1) is 7.59. The first-order valence-electron chi connectivity index (χ1n) is 5.21. The van der Waals surface area contributed by atoms with Crippen molar-refractivity contribution in [2.45, 2.75) is 6.42 Å². The lowest BCUT2D eigenvalue weighted by atomic mass is 10.1. The van der Waals surface area contributed by atoms with Crippen LogP contribution in [0.3, 0.4) is 0 Å². The molecule has 1 N–H and O–H groups in total. The molecule has 0 spiro atoms. The lowest BCUT2D eigenvalue weighted by Gasteiger charge is -2.20. The molecule has 1 unspecified atom stereocenters. The molecule has 92 valence electrons. The van der Waals surface area contributed by atoms with Gasteiger partial charge >= 0.3 is 5.97 Å². The first kappa shape index (κ1) is 13.3. The molecule has 0 saturated carbocycles. The fourth-order valence-electron chi connectivity index (χ4n) is 1.55. The van der Waals surface area contributed by atoms with Gasteiger partial charge in [-0.05, 0) is 6.42 Å². The van der Waals surface area contributed by atoms with Crippen LogP contribution in [-0.4, -0.2) is 60.2 Å². The molecule has 1 rings (SSSR count). The summed E-state index contributed by atoms with van der Waals surface area (Å²) < 4.78 is 5.23. The Morgan fingerprint density at radius 3 is 2.81 bits per heavy atom. The number of carbonyl (C=O) groups is 2. The minimum atomic E-state index is -0.885. The Hall–Kier alpha value is -0.750. The number of hydrogen-bond acceptors (Lipinski definition) is 4. The minimum absolute atomic E-state index is 0.0156. The number of amides is 1. The van der Waals surface area contributed by atoms with E-state index in [0.29, 0.717) is 12.5 Å². The Morgan fingerprint density at radius 1 is 1.50 bits per heavy atom. The first-order valence-corrected chi connectivity index (χ1v) is 6.36. The topological polar surface area (TPSA) is 66.8 Å². The van der Waals surface area contributed by atoms with E-state index in [1.807, 2.05) is 0 Å². The predicted octanol–water partition coefficient (Wildman–Crippen LogP) is 0.299. The summed E-state index contributed by atoms with van der Waals surface area (Å²) in [5, 5.41) is 8.43. The molecule has 0 radical (unpaired) electrons. The summed E-state index contributed by atoms with van der Waals surface area (Å²) in [4.78, 5) is 23.5. The highest BCUT2D eigenvalue weighted by molar-refractivity contribution is 8.00. The molecule has 16 heavy (non-hydrogen) atoms. The maximum absolute atomic E-state index is 11.6. The van der Waals surface area contributed by atoms with Crippen molar-refractivity contribution in [3.8, 4) is 0 Å². The monoisotopic (exact) mass is 247 g/mol. The third-order valence-electron chi connectivity index (χ3n) is 2.43. The molecule has 0 aromatic carbocycles. The molecule has 0 aliphatic carbocycles. The van der Waals surface area contributed by atoms with Crippen LogP contribution in [0.2, 0.25) is 0 Å². The summed E-state index contributed by atoms with van der Waals surface area (Å²) in [6.45, 7) is 2.20. The van der Waals surface area contributed by atoms with E-state index in [1.165, 1.54) is 0 Å². The van der Waals surface area contributed by atoms with Crippen molar-refractivity contribution in [2.75, 3.05) is 38.3 Å². The van der Waals surface area contributed by atoms with Crippen LogP contribution in [0.15, 0.2) is 0 Å². The van der Waals surface area contributed by atoms with Crippen molar-refractivity contribution in [3.05, 3.63) is 0 Å². The molecule has 0 aromatic heterocycles. The van der Waals surface area contributed by atoms with Crippen molar-refractivity contribution in [2.24, 2.45) is 5.92 Å². The maximum Gasteiger partial charge on any atom is 0.313 e. The number of carboxylic acid groups (broad SMARTS) is 1. The lowest BCUT2D eigenvalue weighted by molar-refractivity contribution is -0.133. The maximum atomic E-state index is 11.6. The second kappa shape index (κ2) is 6.75. The highest BCUT2D eigenvalue weighted by Crippen LogP contribution is 2.13. The van der Waals surface area contributed by atoms with Gasteiger partial charge < -0.3 is 14.7 Å². The van der Waals surface area contributed by atoms with E-state index in [9.17, 15) is 9.59 Å². The second-order valence-electron chi connectivity index (χ2n) is 3.89. The summed E-state index contributed by atoms with van der Waals surface area (Å²) in [7, 11) is 1.75. The van der Waals surface area contributed by atoms with Crippen LogP contribution in [0, 0.1) is 5.92 Å². The molecule has 1 atom stereocenters. The van der Waals surface area contributed by atoms with Crippen LogP contribution >= 0.6 is 11.8 Å². The van der Waals surface area contributed by atoms with Crippen LogP contribution in [0.1, 0.15) is 6.42 Å². The van der Waals surface area contributed by atoms with Crippen molar-refractivity contribution < 1.29 is 19.4 Å².